The highest BCUT2D eigenvalue weighted by molar-refractivity contribution is 9.10. The van der Waals surface area contributed by atoms with Gasteiger partial charge in [0.15, 0.2) is 5.78 Å². The summed E-state index contributed by atoms with van der Waals surface area (Å²) in [5, 5.41) is 0.154. The van der Waals surface area contributed by atoms with Crippen LogP contribution in [0, 0.1) is 0 Å². The van der Waals surface area contributed by atoms with Crippen LogP contribution >= 0.6 is 43.5 Å². The number of carbonyl (C=O) groups excluding carboxylic acids is 1. The highest BCUT2D eigenvalue weighted by atomic mass is 79.9. The van der Waals surface area contributed by atoms with Crippen molar-refractivity contribution in [2.24, 2.45) is 0 Å². The second-order valence-corrected chi connectivity index (χ2v) is 4.95. The van der Waals surface area contributed by atoms with Crippen LogP contribution < -0.4 is 0 Å². The van der Waals surface area contributed by atoms with Gasteiger partial charge in [0.25, 0.3) is 0 Å². The van der Waals surface area contributed by atoms with Crippen LogP contribution in [0.5, 0.6) is 0 Å². The zero-order chi connectivity index (χ0) is 10.7. The minimum Gasteiger partial charge on any atom is -0.293 e. The third-order valence-electron chi connectivity index (χ3n) is 1.88. The summed E-state index contributed by atoms with van der Waals surface area (Å²) in [6.07, 6.45) is 0. The molecular weight excluding hydrogens is 331 g/mol. The molecule has 0 saturated carbocycles. The summed E-state index contributed by atoms with van der Waals surface area (Å²) >= 11 is 12.5. The van der Waals surface area contributed by atoms with Crippen molar-refractivity contribution in [1.29, 1.82) is 0 Å². The van der Waals surface area contributed by atoms with E-state index >= 15 is 0 Å². The average molecular weight is 340 g/mol. The van der Waals surface area contributed by atoms with E-state index in [-0.39, 0.29) is 5.78 Å². The van der Waals surface area contributed by atoms with E-state index in [0.29, 0.717) is 10.9 Å². The van der Waals surface area contributed by atoms with Gasteiger partial charge in [-0.05, 0) is 18.6 Å². The molecule has 0 aliphatic rings. The molecule has 14 heavy (non-hydrogen) atoms. The number of benzene rings is 1. The van der Waals surface area contributed by atoms with E-state index in [9.17, 15) is 4.79 Å². The smallest absolute Gasteiger partial charge is 0.180 e. The van der Waals surface area contributed by atoms with Crippen LogP contribution in [0.15, 0.2) is 22.7 Å². The molecular formula is C10H9Br2ClO. The summed E-state index contributed by atoms with van der Waals surface area (Å²) < 4.78 is 0.928. The van der Waals surface area contributed by atoms with Crippen LogP contribution in [-0.2, 0) is 5.33 Å². The molecule has 0 spiro atoms. The summed E-state index contributed by atoms with van der Waals surface area (Å²) in [4.78, 5) is 11.7. The van der Waals surface area contributed by atoms with E-state index in [2.05, 4.69) is 31.9 Å². The lowest BCUT2D eigenvalue weighted by molar-refractivity contribution is 0.0991. The van der Waals surface area contributed by atoms with Crippen molar-refractivity contribution in [1.82, 2.24) is 0 Å². The van der Waals surface area contributed by atoms with Gasteiger partial charge in [0.1, 0.15) is 0 Å². The normalized spacial score (nSPS) is 12.6. The van der Waals surface area contributed by atoms with Gasteiger partial charge in [-0.2, -0.15) is 0 Å². The summed E-state index contributed by atoms with van der Waals surface area (Å²) in [5.41, 5.74) is 1.63. The zero-order valence-corrected chi connectivity index (χ0v) is 11.5. The van der Waals surface area contributed by atoms with Gasteiger partial charge < -0.3 is 0 Å². The standard InChI is InChI=1S/C10H9Br2ClO/c1-6(13)10(14)7-3-2-4-9(12)8(7)5-11/h2-4,6H,5H2,1H3. The summed E-state index contributed by atoms with van der Waals surface area (Å²) in [6, 6.07) is 5.54. The SMILES string of the molecule is CC(Cl)C(=O)c1cccc(Br)c1CBr. The maximum absolute atomic E-state index is 11.7. The van der Waals surface area contributed by atoms with Crippen molar-refractivity contribution in [2.75, 3.05) is 0 Å². The number of hydrogen-bond donors (Lipinski definition) is 0. The highest BCUT2D eigenvalue weighted by Gasteiger charge is 2.16. The van der Waals surface area contributed by atoms with Gasteiger partial charge in [0.2, 0.25) is 0 Å². The first-order valence-corrected chi connectivity index (χ1v) is 6.44. The minimum absolute atomic E-state index is 0.0394. The van der Waals surface area contributed by atoms with Gasteiger partial charge in [0.05, 0.1) is 5.38 Å². The van der Waals surface area contributed by atoms with Gasteiger partial charge >= 0.3 is 0 Å². The van der Waals surface area contributed by atoms with Crippen LogP contribution in [-0.4, -0.2) is 11.2 Å². The van der Waals surface area contributed by atoms with Gasteiger partial charge in [0, 0.05) is 15.4 Å². The predicted octanol–water partition coefficient (Wildman–Crippen LogP) is 4.15. The Morgan fingerprint density at radius 3 is 2.71 bits per heavy atom. The quantitative estimate of drug-likeness (QED) is 0.597. The molecule has 4 heteroatoms. The van der Waals surface area contributed by atoms with Crippen molar-refractivity contribution >= 4 is 49.2 Å². The lowest BCUT2D eigenvalue weighted by Gasteiger charge is -2.09. The topological polar surface area (TPSA) is 17.1 Å². The summed E-state index contributed by atoms with van der Waals surface area (Å²) in [5.74, 6) is -0.0394. The fourth-order valence-electron chi connectivity index (χ4n) is 1.14. The number of halogens is 3. The van der Waals surface area contributed by atoms with Crippen LogP contribution in [0.3, 0.4) is 0 Å². The first-order chi connectivity index (χ1) is 6.57. The number of hydrogen-bond acceptors (Lipinski definition) is 1. The fourth-order valence-corrected chi connectivity index (χ4v) is 2.74. The van der Waals surface area contributed by atoms with Crippen LogP contribution in [0.25, 0.3) is 0 Å². The van der Waals surface area contributed by atoms with Gasteiger partial charge in [-0.1, -0.05) is 44.0 Å². The molecule has 0 radical (unpaired) electrons. The summed E-state index contributed by atoms with van der Waals surface area (Å²) in [6.45, 7) is 1.68. The van der Waals surface area contributed by atoms with Gasteiger partial charge in [-0.3, -0.25) is 4.79 Å². The molecule has 1 aromatic rings. The van der Waals surface area contributed by atoms with E-state index in [0.717, 1.165) is 10.0 Å². The molecule has 0 N–H and O–H groups in total. The van der Waals surface area contributed by atoms with Crippen molar-refractivity contribution in [3.05, 3.63) is 33.8 Å². The molecule has 1 unspecified atom stereocenters. The van der Waals surface area contributed by atoms with E-state index in [1.54, 1.807) is 13.0 Å². The Bertz CT molecular complexity index is 350. The Morgan fingerprint density at radius 1 is 1.57 bits per heavy atom. The Balaban J connectivity index is 3.20. The molecule has 1 atom stereocenters. The molecule has 1 nitrogen and oxygen atoms in total. The van der Waals surface area contributed by atoms with Crippen LogP contribution in [0.4, 0.5) is 0 Å². The van der Waals surface area contributed by atoms with E-state index in [1.165, 1.54) is 0 Å². The number of ketones is 1. The molecule has 0 saturated heterocycles. The van der Waals surface area contributed by atoms with Crippen molar-refractivity contribution < 1.29 is 4.79 Å². The zero-order valence-electron chi connectivity index (χ0n) is 7.56. The lowest BCUT2D eigenvalue weighted by atomic mass is 10.0. The monoisotopic (exact) mass is 338 g/mol. The van der Waals surface area contributed by atoms with Crippen molar-refractivity contribution in [3.8, 4) is 0 Å². The Morgan fingerprint density at radius 2 is 2.21 bits per heavy atom. The van der Waals surface area contributed by atoms with Gasteiger partial charge in [-0.25, -0.2) is 0 Å². The third kappa shape index (κ3) is 2.59. The molecule has 0 amide bonds. The minimum atomic E-state index is -0.484. The second-order valence-electron chi connectivity index (χ2n) is 2.88. The Hall–Kier alpha value is 0.140. The maximum Gasteiger partial charge on any atom is 0.180 e. The maximum atomic E-state index is 11.7. The van der Waals surface area contributed by atoms with Crippen molar-refractivity contribution in [2.45, 2.75) is 17.6 Å². The summed E-state index contributed by atoms with van der Waals surface area (Å²) in [7, 11) is 0. The molecule has 1 rings (SSSR count). The molecule has 0 bridgehead atoms. The molecule has 0 heterocycles. The van der Waals surface area contributed by atoms with Crippen LogP contribution in [0.1, 0.15) is 22.8 Å². The number of alkyl halides is 2. The van der Waals surface area contributed by atoms with E-state index in [4.69, 9.17) is 11.6 Å². The lowest BCUT2D eigenvalue weighted by Crippen LogP contribution is -2.12. The number of Topliss-reactive ketones (excluding diaryl/α,β-unsaturated/α-hetero) is 1. The molecule has 0 aliphatic carbocycles. The number of rotatable bonds is 3. The molecule has 0 aliphatic heterocycles. The second kappa shape index (κ2) is 5.29. The largest absolute Gasteiger partial charge is 0.293 e. The fraction of sp³-hybridized carbons (Fsp3) is 0.300. The van der Waals surface area contributed by atoms with Gasteiger partial charge in [-0.15, -0.1) is 11.6 Å². The van der Waals surface area contributed by atoms with Crippen LogP contribution in [0.2, 0.25) is 0 Å². The number of carbonyl (C=O) groups is 1. The first-order valence-electron chi connectivity index (χ1n) is 4.09. The third-order valence-corrected chi connectivity index (χ3v) is 3.38. The van der Waals surface area contributed by atoms with E-state index < -0.39 is 5.38 Å². The van der Waals surface area contributed by atoms with E-state index in [1.807, 2.05) is 12.1 Å². The molecule has 0 fully saturated rings. The highest BCUT2D eigenvalue weighted by Crippen LogP contribution is 2.24. The Kier molecular flexibility index (Phi) is 4.61. The molecule has 1 aromatic carbocycles. The molecule has 0 aromatic heterocycles. The first kappa shape index (κ1) is 12.2. The predicted molar refractivity (Wildman–Crippen MR) is 66.4 cm³/mol. The average Bonchev–Trinajstić information content (AvgIpc) is 2.16. The van der Waals surface area contributed by atoms with Crippen molar-refractivity contribution in [3.63, 3.8) is 0 Å². The molecule has 76 valence electrons. The Labute approximate surface area is 105 Å².